The molecule has 9 heteroatoms. The van der Waals surface area contributed by atoms with Crippen LogP contribution in [0.25, 0.3) is 0 Å². The number of fused-ring (bicyclic) bond motifs is 1. The molecule has 0 aliphatic carbocycles. The predicted molar refractivity (Wildman–Crippen MR) is 112 cm³/mol. The molecule has 0 spiro atoms. The average molecular weight is 445 g/mol. The molecule has 0 aromatic heterocycles. The Morgan fingerprint density at radius 3 is 2.64 bits per heavy atom. The number of benzene rings is 2. The second-order valence-electron chi connectivity index (χ2n) is 6.45. The average Bonchev–Trinajstić information content (AvgIpc) is 2.63. The van der Waals surface area contributed by atoms with E-state index in [9.17, 15) is 14.7 Å². The first-order valence-corrected chi connectivity index (χ1v) is 9.18. The molecule has 2 aromatic rings. The Labute approximate surface area is 179 Å². The summed E-state index contributed by atoms with van der Waals surface area (Å²) in [6.07, 6.45) is 1.33. The number of aliphatic carboxylic acids is 1. The van der Waals surface area contributed by atoms with Crippen molar-refractivity contribution in [1.29, 1.82) is 0 Å². The van der Waals surface area contributed by atoms with E-state index in [1.807, 2.05) is 24.3 Å². The maximum Gasteiger partial charge on any atom is 0.328 e. The van der Waals surface area contributed by atoms with Crippen molar-refractivity contribution in [1.82, 2.24) is 5.43 Å². The molecular weight excluding hydrogens is 425 g/mol. The van der Waals surface area contributed by atoms with E-state index in [-0.39, 0.29) is 24.7 Å². The highest BCUT2D eigenvalue weighted by molar-refractivity contribution is 6.35. The summed E-state index contributed by atoms with van der Waals surface area (Å²) in [7, 11) is 0. The molecule has 6 nitrogen and oxygen atoms in total. The summed E-state index contributed by atoms with van der Waals surface area (Å²) >= 11 is 12.6. The van der Waals surface area contributed by atoms with E-state index in [4.69, 9.17) is 28.9 Å². The second kappa shape index (κ2) is 9.47. The van der Waals surface area contributed by atoms with Crippen LogP contribution in [0.2, 0.25) is 10.0 Å². The molecule has 1 aliphatic rings. The van der Waals surface area contributed by atoms with Crippen molar-refractivity contribution in [2.75, 3.05) is 5.01 Å². The number of hydrogen-bond acceptors (Lipinski definition) is 4. The van der Waals surface area contributed by atoms with E-state index in [1.54, 1.807) is 12.1 Å². The molecule has 4 N–H and O–H groups in total. The number of carboxylic acids is 1. The third-order valence-corrected chi connectivity index (χ3v) is 5.28. The van der Waals surface area contributed by atoms with Gasteiger partial charge in [-0.1, -0.05) is 47.5 Å². The van der Waals surface area contributed by atoms with Crippen LogP contribution in [0.4, 0.5) is 5.69 Å². The predicted octanol–water partition coefficient (Wildman–Crippen LogP) is 3.52. The van der Waals surface area contributed by atoms with Gasteiger partial charge in [-0.2, -0.15) is 0 Å². The number of nitrogens with two attached hydrogens (primary N) is 1. The smallest absolute Gasteiger partial charge is 0.328 e. The lowest BCUT2D eigenvalue weighted by atomic mass is 9.82. The van der Waals surface area contributed by atoms with Gasteiger partial charge in [0.05, 0.1) is 5.69 Å². The first-order valence-electron chi connectivity index (χ1n) is 8.43. The number of amides is 1. The third-order valence-electron chi connectivity index (χ3n) is 4.75. The Bertz CT molecular complexity index is 879. The third kappa shape index (κ3) is 4.52. The molecule has 0 fully saturated rings. The molecule has 0 saturated heterocycles. The number of carbonyl (C=O) groups is 2. The number of nitrogens with zero attached hydrogens (tertiary/aromatic N) is 1. The normalized spacial score (nSPS) is 18.0. The van der Waals surface area contributed by atoms with Crippen molar-refractivity contribution in [2.45, 2.75) is 31.3 Å². The Hall–Kier alpha value is -1.99. The lowest BCUT2D eigenvalue weighted by molar-refractivity contribution is -0.139. The van der Waals surface area contributed by atoms with Gasteiger partial charge in [-0.25, -0.2) is 4.79 Å². The van der Waals surface area contributed by atoms with Crippen LogP contribution in [0.15, 0.2) is 36.4 Å². The topological polar surface area (TPSA) is 95.7 Å². The largest absolute Gasteiger partial charge is 0.480 e. The molecule has 0 radical (unpaired) electrons. The molecule has 2 atom stereocenters. The fourth-order valence-electron chi connectivity index (χ4n) is 3.62. The Kier molecular flexibility index (Phi) is 7.55. The standard InChI is InChI=1S/C19H19Cl2N3O3.ClH/c20-14-7-15(21)18-13(5-11-2-1-3-12(4-11)9-22)6-17(19(26)27)24(23-10-25)16(18)8-14;/h1-4,7-8,10,13,17H,5-6,9,22H2,(H,23,25)(H,26,27);1H/t13-,17+;/m1./s1. The second-order valence-corrected chi connectivity index (χ2v) is 7.30. The van der Waals surface area contributed by atoms with Crippen LogP contribution < -0.4 is 16.2 Å². The minimum atomic E-state index is -1.04. The van der Waals surface area contributed by atoms with Gasteiger partial charge in [0.2, 0.25) is 6.41 Å². The molecule has 1 aliphatic heterocycles. The molecule has 3 rings (SSSR count). The maximum absolute atomic E-state index is 11.8. The summed E-state index contributed by atoms with van der Waals surface area (Å²) in [6.45, 7) is 0.431. The number of carbonyl (C=O) groups excluding carboxylic acids is 1. The molecule has 2 aromatic carbocycles. The summed E-state index contributed by atoms with van der Waals surface area (Å²) in [6, 6.07) is 10.2. The Balaban J connectivity index is 0.00000280. The van der Waals surface area contributed by atoms with E-state index in [0.717, 1.165) is 16.7 Å². The van der Waals surface area contributed by atoms with E-state index in [1.165, 1.54) is 5.01 Å². The fourth-order valence-corrected chi connectivity index (χ4v) is 4.25. The van der Waals surface area contributed by atoms with Crippen LogP contribution in [0.5, 0.6) is 0 Å². The van der Waals surface area contributed by atoms with Gasteiger partial charge in [0.25, 0.3) is 0 Å². The van der Waals surface area contributed by atoms with Gasteiger partial charge in [0.15, 0.2) is 0 Å². The molecule has 0 saturated carbocycles. The van der Waals surface area contributed by atoms with Gasteiger partial charge < -0.3 is 10.8 Å². The molecule has 0 bridgehead atoms. The van der Waals surface area contributed by atoms with Crippen LogP contribution in [-0.4, -0.2) is 23.5 Å². The van der Waals surface area contributed by atoms with Crippen LogP contribution in [-0.2, 0) is 22.6 Å². The molecule has 1 heterocycles. The van der Waals surface area contributed by atoms with Crippen molar-refractivity contribution in [3.63, 3.8) is 0 Å². The first-order chi connectivity index (χ1) is 12.9. The summed E-state index contributed by atoms with van der Waals surface area (Å²) in [5.74, 6) is -1.18. The van der Waals surface area contributed by atoms with Crippen molar-refractivity contribution < 1.29 is 14.7 Å². The lowest BCUT2D eigenvalue weighted by Crippen LogP contribution is -2.53. The van der Waals surface area contributed by atoms with Crippen molar-refractivity contribution in [3.05, 3.63) is 63.1 Å². The number of rotatable bonds is 6. The van der Waals surface area contributed by atoms with Crippen molar-refractivity contribution in [2.24, 2.45) is 5.73 Å². The maximum atomic E-state index is 11.8. The zero-order chi connectivity index (χ0) is 19.6. The number of carboxylic acid groups (broad SMARTS) is 1. The molecular formula is C19H20Cl3N3O3. The number of halogens is 3. The highest BCUT2D eigenvalue weighted by Crippen LogP contribution is 2.44. The van der Waals surface area contributed by atoms with E-state index in [2.05, 4.69) is 5.43 Å². The summed E-state index contributed by atoms with van der Waals surface area (Å²) < 4.78 is 0. The van der Waals surface area contributed by atoms with Gasteiger partial charge in [0, 0.05) is 16.6 Å². The number of anilines is 1. The fraction of sp³-hybridized carbons (Fsp3) is 0.263. The lowest BCUT2D eigenvalue weighted by Gasteiger charge is -2.39. The number of hydrogen-bond donors (Lipinski definition) is 3. The van der Waals surface area contributed by atoms with E-state index in [0.29, 0.717) is 35.1 Å². The minimum Gasteiger partial charge on any atom is -0.480 e. The van der Waals surface area contributed by atoms with Gasteiger partial charge in [-0.3, -0.25) is 15.2 Å². The zero-order valence-corrected chi connectivity index (χ0v) is 17.1. The van der Waals surface area contributed by atoms with E-state index < -0.39 is 12.0 Å². The SMILES string of the molecule is Cl.NCc1cccc(C[C@@H]2C[C@@H](C(=O)O)N(NC=O)c3cc(Cl)cc(Cl)c32)c1. The van der Waals surface area contributed by atoms with Crippen LogP contribution >= 0.6 is 35.6 Å². The zero-order valence-electron chi connectivity index (χ0n) is 14.8. The Morgan fingerprint density at radius 1 is 1.29 bits per heavy atom. The number of nitrogens with one attached hydrogen (secondary N) is 1. The Morgan fingerprint density at radius 2 is 2.00 bits per heavy atom. The van der Waals surface area contributed by atoms with E-state index >= 15 is 0 Å². The van der Waals surface area contributed by atoms with Gasteiger partial charge in [-0.05, 0) is 47.6 Å². The molecule has 28 heavy (non-hydrogen) atoms. The van der Waals surface area contributed by atoms with Crippen LogP contribution in [0.3, 0.4) is 0 Å². The first kappa shape index (κ1) is 22.3. The summed E-state index contributed by atoms with van der Waals surface area (Å²) in [4.78, 5) is 22.9. The molecule has 1 amide bonds. The van der Waals surface area contributed by atoms with Crippen LogP contribution in [0, 0.1) is 0 Å². The van der Waals surface area contributed by atoms with Crippen LogP contribution in [0.1, 0.15) is 29.0 Å². The van der Waals surface area contributed by atoms with Crippen molar-refractivity contribution in [3.8, 4) is 0 Å². The molecule has 150 valence electrons. The summed E-state index contributed by atoms with van der Waals surface area (Å²) in [5, 5.41) is 11.8. The van der Waals surface area contributed by atoms with Gasteiger partial charge in [-0.15, -0.1) is 12.4 Å². The quantitative estimate of drug-likeness (QED) is 0.592. The highest BCUT2D eigenvalue weighted by Gasteiger charge is 2.38. The monoisotopic (exact) mass is 443 g/mol. The van der Waals surface area contributed by atoms with Crippen molar-refractivity contribution >= 4 is 53.7 Å². The minimum absolute atomic E-state index is 0. The van der Waals surface area contributed by atoms with Gasteiger partial charge >= 0.3 is 5.97 Å². The summed E-state index contributed by atoms with van der Waals surface area (Å²) in [5.41, 5.74) is 11.5. The number of hydrazine groups is 1. The highest BCUT2D eigenvalue weighted by atomic mass is 35.5. The molecule has 0 unspecified atom stereocenters. The van der Waals surface area contributed by atoms with Gasteiger partial charge in [0.1, 0.15) is 6.04 Å².